The fourth-order valence-corrected chi connectivity index (χ4v) is 1.76. The Kier molecular flexibility index (Phi) is 2.72. The summed E-state index contributed by atoms with van der Waals surface area (Å²) in [5.74, 6) is 0.388. The molecule has 15 heavy (non-hydrogen) atoms. The molecule has 0 unspecified atom stereocenters. The highest BCUT2D eigenvalue weighted by atomic mass is 16.3. The largest absolute Gasteiger partial charge is 0.508 e. The molecule has 1 aliphatic rings. The van der Waals surface area contributed by atoms with Crippen molar-refractivity contribution in [1.29, 1.82) is 0 Å². The van der Waals surface area contributed by atoms with Gasteiger partial charge in [-0.2, -0.15) is 0 Å². The minimum Gasteiger partial charge on any atom is -0.508 e. The summed E-state index contributed by atoms with van der Waals surface area (Å²) in [5.41, 5.74) is 3.33. The van der Waals surface area contributed by atoms with E-state index in [0.29, 0.717) is 5.76 Å². The van der Waals surface area contributed by atoms with Crippen LogP contribution in [0.5, 0.6) is 0 Å². The maximum absolute atomic E-state index is 9.75. The normalized spacial score (nSPS) is 18.6. The van der Waals surface area contributed by atoms with E-state index in [1.165, 1.54) is 5.56 Å². The number of hydrogen-bond acceptors (Lipinski definition) is 1. The monoisotopic (exact) mass is 198 g/mol. The van der Waals surface area contributed by atoms with Crippen LogP contribution in [-0.2, 0) is 0 Å². The van der Waals surface area contributed by atoms with Crippen molar-refractivity contribution in [2.24, 2.45) is 0 Å². The average Bonchev–Trinajstić information content (AvgIpc) is 2.30. The van der Waals surface area contributed by atoms with Gasteiger partial charge in [0, 0.05) is 5.57 Å². The van der Waals surface area contributed by atoms with Gasteiger partial charge in [0.15, 0.2) is 0 Å². The van der Waals surface area contributed by atoms with Crippen molar-refractivity contribution >= 4 is 5.57 Å². The highest BCUT2D eigenvalue weighted by Crippen LogP contribution is 2.27. The van der Waals surface area contributed by atoms with Gasteiger partial charge in [0.05, 0.1) is 0 Å². The second kappa shape index (κ2) is 4.18. The second-order valence-electron chi connectivity index (χ2n) is 3.65. The Balaban J connectivity index is 2.42. The van der Waals surface area contributed by atoms with Crippen LogP contribution in [0.2, 0.25) is 0 Å². The molecular formula is C14H14O. The van der Waals surface area contributed by atoms with Gasteiger partial charge in [-0.25, -0.2) is 0 Å². The third kappa shape index (κ3) is 2.01. The zero-order chi connectivity index (χ0) is 10.7. The SMILES string of the molecule is CC(=C1CC=CC=C1O)c1ccccc1. The van der Waals surface area contributed by atoms with E-state index < -0.39 is 0 Å². The van der Waals surface area contributed by atoms with Crippen LogP contribution in [0, 0.1) is 0 Å². The van der Waals surface area contributed by atoms with Crippen molar-refractivity contribution in [3.63, 3.8) is 0 Å². The summed E-state index contributed by atoms with van der Waals surface area (Å²) in [5, 5.41) is 9.75. The number of hydrogen-bond donors (Lipinski definition) is 1. The van der Waals surface area contributed by atoms with Crippen molar-refractivity contribution in [2.45, 2.75) is 13.3 Å². The second-order valence-corrected chi connectivity index (χ2v) is 3.65. The van der Waals surface area contributed by atoms with Crippen LogP contribution in [-0.4, -0.2) is 5.11 Å². The molecule has 0 radical (unpaired) electrons. The summed E-state index contributed by atoms with van der Waals surface area (Å²) in [6.07, 6.45) is 6.49. The summed E-state index contributed by atoms with van der Waals surface area (Å²) in [7, 11) is 0. The molecule has 0 atom stereocenters. The number of rotatable bonds is 1. The molecule has 0 heterocycles. The van der Waals surface area contributed by atoms with Crippen molar-refractivity contribution in [3.05, 3.63) is 65.5 Å². The molecular weight excluding hydrogens is 184 g/mol. The molecule has 76 valence electrons. The smallest absolute Gasteiger partial charge is 0.119 e. The predicted molar refractivity (Wildman–Crippen MR) is 63.5 cm³/mol. The minimum atomic E-state index is 0.388. The zero-order valence-electron chi connectivity index (χ0n) is 8.77. The van der Waals surface area contributed by atoms with E-state index in [2.05, 4.69) is 18.2 Å². The van der Waals surface area contributed by atoms with Gasteiger partial charge in [-0.15, -0.1) is 0 Å². The lowest BCUT2D eigenvalue weighted by Crippen LogP contribution is -1.95. The van der Waals surface area contributed by atoms with Gasteiger partial charge >= 0.3 is 0 Å². The van der Waals surface area contributed by atoms with Gasteiger partial charge in [0.2, 0.25) is 0 Å². The van der Waals surface area contributed by atoms with E-state index in [9.17, 15) is 5.11 Å². The van der Waals surface area contributed by atoms with Crippen LogP contribution in [0.3, 0.4) is 0 Å². The Morgan fingerprint density at radius 1 is 1.20 bits per heavy atom. The van der Waals surface area contributed by atoms with E-state index in [1.54, 1.807) is 6.08 Å². The van der Waals surface area contributed by atoms with Crippen molar-refractivity contribution in [2.75, 3.05) is 0 Å². The van der Waals surface area contributed by atoms with Gasteiger partial charge in [-0.05, 0) is 30.6 Å². The molecule has 1 aliphatic carbocycles. The van der Waals surface area contributed by atoms with E-state index in [4.69, 9.17) is 0 Å². The van der Waals surface area contributed by atoms with Crippen LogP contribution in [0.1, 0.15) is 18.9 Å². The summed E-state index contributed by atoms with van der Waals surface area (Å²) in [6.45, 7) is 2.05. The average molecular weight is 198 g/mol. The molecule has 1 heteroatoms. The Morgan fingerprint density at radius 3 is 2.60 bits per heavy atom. The molecule has 0 fully saturated rings. The van der Waals surface area contributed by atoms with Gasteiger partial charge in [-0.1, -0.05) is 42.5 Å². The molecule has 0 spiro atoms. The lowest BCUT2D eigenvalue weighted by atomic mass is 9.95. The Morgan fingerprint density at radius 2 is 1.93 bits per heavy atom. The van der Waals surface area contributed by atoms with Gasteiger partial charge in [-0.3, -0.25) is 0 Å². The minimum absolute atomic E-state index is 0.388. The maximum Gasteiger partial charge on any atom is 0.119 e. The first-order valence-corrected chi connectivity index (χ1v) is 5.10. The molecule has 0 saturated heterocycles. The third-order valence-corrected chi connectivity index (χ3v) is 2.68. The molecule has 0 aliphatic heterocycles. The highest BCUT2D eigenvalue weighted by molar-refractivity contribution is 5.71. The topological polar surface area (TPSA) is 20.2 Å². The number of benzene rings is 1. The van der Waals surface area contributed by atoms with Crippen LogP contribution < -0.4 is 0 Å². The summed E-state index contributed by atoms with van der Waals surface area (Å²) >= 11 is 0. The summed E-state index contributed by atoms with van der Waals surface area (Å²) in [4.78, 5) is 0. The van der Waals surface area contributed by atoms with Crippen molar-refractivity contribution < 1.29 is 5.11 Å². The Hall–Kier alpha value is -1.76. The van der Waals surface area contributed by atoms with E-state index in [-0.39, 0.29) is 0 Å². The van der Waals surface area contributed by atoms with E-state index >= 15 is 0 Å². The lowest BCUT2D eigenvalue weighted by Gasteiger charge is -2.12. The first-order chi connectivity index (χ1) is 7.29. The van der Waals surface area contributed by atoms with Crippen LogP contribution in [0.4, 0.5) is 0 Å². The molecule has 0 amide bonds. The standard InChI is InChI=1S/C14H14O/c1-11(12-7-3-2-4-8-12)13-9-5-6-10-14(13)15/h2-8,10,15H,9H2,1H3. The summed E-state index contributed by atoms with van der Waals surface area (Å²) in [6, 6.07) is 10.2. The fourth-order valence-electron chi connectivity index (χ4n) is 1.76. The van der Waals surface area contributed by atoms with E-state index in [0.717, 1.165) is 17.6 Å². The van der Waals surface area contributed by atoms with Crippen LogP contribution in [0.15, 0.2) is 59.9 Å². The Labute approximate surface area is 90.1 Å². The lowest BCUT2D eigenvalue weighted by molar-refractivity contribution is 0.420. The molecule has 1 aromatic carbocycles. The van der Waals surface area contributed by atoms with Gasteiger partial charge in [0.25, 0.3) is 0 Å². The zero-order valence-corrected chi connectivity index (χ0v) is 8.77. The number of aliphatic hydroxyl groups excluding tert-OH is 1. The van der Waals surface area contributed by atoms with Gasteiger partial charge in [0.1, 0.15) is 5.76 Å². The molecule has 0 saturated carbocycles. The Bertz CT molecular complexity index is 436. The third-order valence-electron chi connectivity index (χ3n) is 2.68. The quantitative estimate of drug-likeness (QED) is 0.726. The molecule has 1 aromatic rings. The first kappa shape index (κ1) is 9.78. The predicted octanol–water partition coefficient (Wildman–Crippen LogP) is 3.86. The van der Waals surface area contributed by atoms with E-state index in [1.807, 2.05) is 31.2 Å². The number of allylic oxidation sites excluding steroid dienone is 5. The first-order valence-electron chi connectivity index (χ1n) is 5.10. The summed E-state index contributed by atoms with van der Waals surface area (Å²) < 4.78 is 0. The fraction of sp³-hybridized carbons (Fsp3) is 0.143. The molecule has 1 N–H and O–H groups in total. The molecule has 0 bridgehead atoms. The molecule has 0 aromatic heterocycles. The van der Waals surface area contributed by atoms with Gasteiger partial charge < -0.3 is 5.11 Å². The maximum atomic E-state index is 9.75. The van der Waals surface area contributed by atoms with Crippen LogP contribution in [0.25, 0.3) is 5.57 Å². The van der Waals surface area contributed by atoms with Crippen molar-refractivity contribution in [1.82, 2.24) is 0 Å². The van der Waals surface area contributed by atoms with Crippen molar-refractivity contribution in [3.8, 4) is 0 Å². The van der Waals surface area contributed by atoms with Crippen LogP contribution >= 0.6 is 0 Å². The molecule has 1 nitrogen and oxygen atoms in total. The molecule has 2 rings (SSSR count). The highest BCUT2D eigenvalue weighted by Gasteiger charge is 2.09. The number of aliphatic hydroxyl groups is 1.